The Labute approximate surface area is 200 Å². The number of carbonyl (C=O) groups excluding carboxylic acids is 1. The Morgan fingerprint density at radius 3 is 1.82 bits per heavy atom. The van der Waals surface area contributed by atoms with Crippen molar-refractivity contribution in [3.63, 3.8) is 0 Å². The molecule has 178 valence electrons. The van der Waals surface area contributed by atoms with E-state index in [-0.39, 0.29) is 16.8 Å². The molecule has 0 bridgehead atoms. The molecule has 3 aromatic rings. The lowest BCUT2D eigenvalue weighted by molar-refractivity contribution is -0.134. The van der Waals surface area contributed by atoms with Crippen LogP contribution in [0, 0.1) is 5.82 Å². The lowest BCUT2D eigenvalue weighted by Gasteiger charge is -2.40. The van der Waals surface area contributed by atoms with Crippen LogP contribution < -0.4 is 4.72 Å². The molecule has 0 saturated carbocycles. The largest absolute Gasteiger partial charge is 0.339 e. The third kappa shape index (κ3) is 5.52. The number of hydrogen-bond acceptors (Lipinski definition) is 4. The first kappa shape index (κ1) is 24.1. The van der Waals surface area contributed by atoms with Crippen LogP contribution >= 0.6 is 0 Å². The monoisotopic (exact) mass is 481 g/mol. The van der Waals surface area contributed by atoms with Gasteiger partial charge in [-0.3, -0.25) is 9.69 Å². The van der Waals surface area contributed by atoms with Crippen LogP contribution in [0.15, 0.2) is 89.8 Å². The van der Waals surface area contributed by atoms with Gasteiger partial charge in [0.25, 0.3) is 0 Å². The summed E-state index contributed by atoms with van der Waals surface area (Å²) in [6.07, 6.45) is 0. The van der Waals surface area contributed by atoms with Crippen molar-refractivity contribution in [1.29, 1.82) is 0 Å². The summed E-state index contributed by atoms with van der Waals surface area (Å²) in [6, 6.07) is 24.2. The molecule has 1 aliphatic heterocycles. The first-order valence-corrected chi connectivity index (χ1v) is 12.7. The van der Waals surface area contributed by atoms with Crippen molar-refractivity contribution in [2.75, 3.05) is 26.2 Å². The average molecular weight is 482 g/mol. The molecule has 1 saturated heterocycles. The number of carbonyl (C=O) groups is 1. The highest BCUT2D eigenvalue weighted by Crippen LogP contribution is 2.29. The van der Waals surface area contributed by atoms with Crippen molar-refractivity contribution in [1.82, 2.24) is 14.5 Å². The minimum Gasteiger partial charge on any atom is -0.339 e. The highest BCUT2D eigenvalue weighted by Gasteiger charge is 2.31. The van der Waals surface area contributed by atoms with Gasteiger partial charge in [0.2, 0.25) is 15.9 Å². The molecule has 3 aromatic carbocycles. The molecule has 1 aliphatic rings. The van der Waals surface area contributed by atoms with Gasteiger partial charge in [-0.1, -0.05) is 60.7 Å². The number of amides is 1. The van der Waals surface area contributed by atoms with Crippen molar-refractivity contribution >= 4 is 15.9 Å². The normalized spacial score (nSPS) is 15.9. The van der Waals surface area contributed by atoms with Gasteiger partial charge in [0.05, 0.1) is 17.0 Å². The van der Waals surface area contributed by atoms with Crippen molar-refractivity contribution < 1.29 is 17.6 Å². The van der Waals surface area contributed by atoms with E-state index >= 15 is 0 Å². The van der Waals surface area contributed by atoms with Gasteiger partial charge in [0, 0.05) is 26.2 Å². The number of piperazine rings is 1. The number of hydrogen-bond donors (Lipinski definition) is 1. The Morgan fingerprint density at radius 1 is 0.824 bits per heavy atom. The van der Waals surface area contributed by atoms with Gasteiger partial charge in [-0.15, -0.1) is 0 Å². The van der Waals surface area contributed by atoms with Crippen molar-refractivity contribution in [3.8, 4) is 0 Å². The number of sulfonamides is 1. The van der Waals surface area contributed by atoms with E-state index in [1.807, 2.05) is 36.4 Å². The minimum atomic E-state index is -3.93. The zero-order valence-electron chi connectivity index (χ0n) is 19.0. The average Bonchev–Trinajstić information content (AvgIpc) is 2.85. The highest BCUT2D eigenvalue weighted by atomic mass is 32.2. The van der Waals surface area contributed by atoms with Gasteiger partial charge in [-0.2, -0.15) is 4.72 Å². The van der Waals surface area contributed by atoms with Crippen molar-refractivity contribution in [2.45, 2.75) is 23.9 Å². The molecule has 1 fully saturated rings. The molecule has 1 amide bonds. The minimum absolute atomic E-state index is 0.0769. The van der Waals surface area contributed by atoms with E-state index in [1.54, 1.807) is 4.90 Å². The van der Waals surface area contributed by atoms with Gasteiger partial charge < -0.3 is 4.90 Å². The third-order valence-corrected chi connectivity index (χ3v) is 7.60. The molecule has 0 radical (unpaired) electrons. The zero-order valence-corrected chi connectivity index (χ0v) is 19.8. The quantitative estimate of drug-likeness (QED) is 0.562. The van der Waals surface area contributed by atoms with E-state index in [2.05, 4.69) is 33.9 Å². The van der Waals surface area contributed by atoms with Crippen LogP contribution in [0.25, 0.3) is 0 Å². The van der Waals surface area contributed by atoms with Crippen LogP contribution in [-0.2, 0) is 14.8 Å². The molecule has 0 aliphatic carbocycles. The molecule has 1 N–H and O–H groups in total. The van der Waals surface area contributed by atoms with Gasteiger partial charge in [-0.05, 0) is 42.3 Å². The van der Waals surface area contributed by atoms with E-state index in [4.69, 9.17) is 0 Å². The molecule has 0 spiro atoms. The zero-order chi connectivity index (χ0) is 24.1. The summed E-state index contributed by atoms with van der Waals surface area (Å²) in [4.78, 5) is 17.0. The van der Waals surface area contributed by atoms with Gasteiger partial charge in [-0.25, -0.2) is 12.8 Å². The summed E-state index contributed by atoms with van der Waals surface area (Å²) in [5.74, 6) is -0.799. The summed E-state index contributed by atoms with van der Waals surface area (Å²) in [7, 11) is -3.93. The number of benzene rings is 3. The van der Waals surface area contributed by atoms with E-state index in [1.165, 1.54) is 30.2 Å². The first-order valence-electron chi connectivity index (χ1n) is 11.3. The summed E-state index contributed by atoms with van der Waals surface area (Å²) in [6.45, 7) is 3.86. The van der Waals surface area contributed by atoms with Crippen LogP contribution in [0.4, 0.5) is 4.39 Å². The second-order valence-electron chi connectivity index (χ2n) is 8.38. The fourth-order valence-corrected chi connectivity index (χ4v) is 5.52. The maximum atomic E-state index is 13.1. The van der Waals surface area contributed by atoms with Gasteiger partial charge in [0.15, 0.2) is 0 Å². The van der Waals surface area contributed by atoms with Gasteiger partial charge >= 0.3 is 0 Å². The maximum absolute atomic E-state index is 13.1. The Morgan fingerprint density at radius 2 is 1.32 bits per heavy atom. The Kier molecular flexibility index (Phi) is 7.41. The van der Waals surface area contributed by atoms with E-state index in [9.17, 15) is 17.6 Å². The molecule has 1 atom stereocenters. The fraction of sp³-hybridized carbons (Fsp3) is 0.269. The van der Waals surface area contributed by atoms with Crippen LogP contribution in [0.2, 0.25) is 0 Å². The summed E-state index contributed by atoms with van der Waals surface area (Å²) in [5.41, 5.74) is 2.38. The molecule has 34 heavy (non-hydrogen) atoms. The lowest BCUT2D eigenvalue weighted by Crippen LogP contribution is -2.54. The molecular weight excluding hydrogens is 453 g/mol. The third-order valence-electron chi connectivity index (χ3n) is 6.05. The van der Waals surface area contributed by atoms with Crippen molar-refractivity contribution in [3.05, 3.63) is 102 Å². The second kappa shape index (κ2) is 10.5. The number of halogens is 1. The van der Waals surface area contributed by atoms with Crippen LogP contribution in [0.1, 0.15) is 24.1 Å². The molecule has 0 aromatic heterocycles. The molecule has 6 nitrogen and oxygen atoms in total. The van der Waals surface area contributed by atoms with Crippen LogP contribution in [-0.4, -0.2) is 56.3 Å². The Balaban J connectivity index is 1.42. The van der Waals surface area contributed by atoms with Crippen LogP contribution in [0.5, 0.6) is 0 Å². The van der Waals surface area contributed by atoms with Gasteiger partial charge in [0.1, 0.15) is 5.82 Å². The smallest absolute Gasteiger partial charge is 0.241 e. The van der Waals surface area contributed by atoms with Crippen molar-refractivity contribution in [2.24, 2.45) is 0 Å². The molecular formula is C26H28FN3O3S. The standard InChI is InChI=1S/C26H28FN3O3S/c1-20(28-34(32,33)24-14-12-23(27)13-15-24)26(31)30-18-16-29(17-19-30)25(21-8-4-2-5-9-21)22-10-6-3-7-11-22/h2-15,20,25,28H,16-19H2,1H3/t20-/m0/s1. The summed E-state index contributed by atoms with van der Waals surface area (Å²) in [5, 5.41) is 0. The lowest BCUT2D eigenvalue weighted by atomic mass is 9.96. The molecule has 4 rings (SSSR count). The molecule has 1 heterocycles. The van der Waals surface area contributed by atoms with E-state index in [0.717, 1.165) is 12.1 Å². The molecule has 8 heteroatoms. The summed E-state index contributed by atoms with van der Waals surface area (Å²) < 4.78 is 40.7. The van der Waals surface area contributed by atoms with E-state index < -0.39 is 21.9 Å². The maximum Gasteiger partial charge on any atom is 0.241 e. The second-order valence-corrected chi connectivity index (χ2v) is 10.1. The number of nitrogens with one attached hydrogen (secondary N) is 1. The van der Waals surface area contributed by atoms with Crippen LogP contribution in [0.3, 0.4) is 0 Å². The van der Waals surface area contributed by atoms with E-state index in [0.29, 0.717) is 26.2 Å². The topological polar surface area (TPSA) is 69.7 Å². The number of nitrogens with zero attached hydrogens (tertiary/aromatic N) is 2. The number of rotatable bonds is 7. The predicted octanol–water partition coefficient (Wildman–Crippen LogP) is 3.43. The fourth-order valence-electron chi connectivity index (χ4n) is 4.32. The predicted molar refractivity (Wildman–Crippen MR) is 129 cm³/mol. The molecule has 0 unspecified atom stereocenters. The Bertz CT molecular complexity index is 1160. The SMILES string of the molecule is C[C@H](NS(=O)(=O)c1ccc(F)cc1)C(=O)N1CCN(C(c2ccccc2)c2ccccc2)CC1. The Hall–Kier alpha value is -3.07. The summed E-state index contributed by atoms with van der Waals surface area (Å²) >= 11 is 0. The highest BCUT2D eigenvalue weighted by molar-refractivity contribution is 7.89. The first-order chi connectivity index (χ1) is 16.3.